The fourth-order valence-electron chi connectivity index (χ4n) is 4.14. The maximum absolute atomic E-state index is 12.8. The molecular weight excluding hydrogens is 410 g/mol. The van der Waals surface area contributed by atoms with Crippen LogP contribution in [0.15, 0.2) is 42.5 Å². The molecule has 0 aromatic heterocycles. The highest BCUT2D eigenvalue weighted by Gasteiger charge is 2.29. The summed E-state index contributed by atoms with van der Waals surface area (Å²) < 4.78 is 26.1. The lowest BCUT2D eigenvalue weighted by molar-refractivity contribution is -0.121. The molecule has 0 unspecified atom stereocenters. The first-order valence-corrected chi connectivity index (χ1v) is 12.7. The minimum absolute atomic E-state index is 0.289. The smallest absolute Gasteiger partial charge is 0.243 e. The number of para-hydroxylation sites is 1. The number of hydrogen-bond acceptors (Lipinski definition) is 4. The van der Waals surface area contributed by atoms with Crippen LogP contribution in [-0.2, 0) is 21.2 Å². The highest BCUT2D eigenvalue weighted by molar-refractivity contribution is 7.92. The molecule has 1 aliphatic heterocycles. The van der Waals surface area contributed by atoms with E-state index < -0.39 is 16.1 Å². The van der Waals surface area contributed by atoms with Crippen LogP contribution in [0.5, 0.6) is 0 Å². The predicted octanol–water partition coefficient (Wildman–Crippen LogP) is 3.42. The number of nitrogens with one attached hydrogen (secondary N) is 1. The number of anilines is 2. The Bertz CT molecular complexity index is 1040. The van der Waals surface area contributed by atoms with Gasteiger partial charge in [0.1, 0.15) is 6.04 Å². The molecule has 0 spiro atoms. The van der Waals surface area contributed by atoms with Crippen LogP contribution in [0.1, 0.15) is 36.5 Å². The summed E-state index contributed by atoms with van der Waals surface area (Å²) in [6.45, 7) is 7.93. The first-order valence-electron chi connectivity index (χ1n) is 10.9. The largest absolute Gasteiger partial charge is 0.371 e. The third kappa shape index (κ3) is 5.58. The van der Waals surface area contributed by atoms with E-state index in [9.17, 15) is 13.2 Å². The highest BCUT2D eigenvalue weighted by atomic mass is 32.2. The SMILES string of the molecule is Cc1ccc(N([C@H](C)C(=O)NCCCN2CCCc3ccccc32)S(C)(=O)=O)cc1C. The standard InChI is InChI=1S/C24H33N3O3S/c1-18-12-13-22(17-19(18)2)27(31(4,29)30)20(3)24(28)25-14-8-16-26-15-7-10-21-9-5-6-11-23(21)26/h5-6,9,11-13,17,20H,7-8,10,14-16H2,1-4H3,(H,25,28)/t20-/m1/s1. The maximum Gasteiger partial charge on any atom is 0.243 e. The van der Waals surface area contributed by atoms with Crippen LogP contribution in [0, 0.1) is 13.8 Å². The zero-order valence-corrected chi connectivity index (χ0v) is 19.7. The molecule has 2 aromatic rings. The van der Waals surface area contributed by atoms with Crippen LogP contribution < -0.4 is 14.5 Å². The summed E-state index contributed by atoms with van der Waals surface area (Å²) in [7, 11) is -3.61. The molecule has 0 radical (unpaired) electrons. The Hall–Kier alpha value is -2.54. The second-order valence-electron chi connectivity index (χ2n) is 8.37. The van der Waals surface area contributed by atoms with Crippen molar-refractivity contribution in [1.29, 1.82) is 0 Å². The van der Waals surface area contributed by atoms with E-state index in [0.717, 1.165) is 49.7 Å². The van der Waals surface area contributed by atoms with E-state index in [0.29, 0.717) is 12.2 Å². The first kappa shape index (κ1) is 23.1. The third-order valence-electron chi connectivity index (χ3n) is 5.94. The Labute approximate surface area is 186 Å². The molecule has 1 amide bonds. The Balaban J connectivity index is 1.59. The van der Waals surface area contributed by atoms with Crippen molar-refractivity contribution in [3.63, 3.8) is 0 Å². The molecular formula is C24H33N3O3S. The lowest BCUT2D eigenvalue weighted by Gasteiger charge is -2.31. The van der Waals surface area contributed by atoms with Gasteiger partial charge in [-0.1, -0.05) is 24.3 Å². The molecule has 3 rings (SSSR count). The molecule has 1 aliphatic rings. The number of hydrogen-bond donors (Lipinski definition) is 1. The van der Waals surface area contributed by atoms with Crippen molar-refractivity contribution < 1.29 is 13.2 Å². The minimum Gasteiger partial charge on any atom is -0.371 e. The molecule has 0 saturated carbocycles. The number of carbonyl (C=O) groups excluding carboxylic acids is 1. The van der Waals surface area contributed by atoms with Crippen LogP contribution >= 0.6 is 0 Å². The van der Waals surface area contributed by atoms with Gasteiger partial charge in [0.05, 0.1) is 11.9 Å². The van der Waals surface area contributed by atoms with Gasteiger partial charge in [-0.05, 0) is 74.9 Å². The van der Waals surface area contributed by atoms with Crippen molar-refractivity contribution in [2.75, 3.05) is 35.1 Å². The average Bonchev–Trinajstić information content (AvgIpc) is 2.72. The summed E-state index contributed by atoms with van der Waals surface area (Å²) in [5, 5.41) is 2.92. The van der Waals surface area contributed by atoms with Crippen LogP contribution in [0.2, 0.25) is 0 Å². The van der Waals surface area contributed by atoms with Gasteiger partial charge in [0, 0.05) is 25.3 Å². The lowest BCUT2D eigenvalue weighted by Crippen LogP contribution is -2.48. The molecule has 0 fully saturated rings. The predicted molar refractivity (Wildman–Crippen MR) is 127 cm³/mol. The molecule has 6 nitrogen and oxygen atoms in total. The summed E-state index contributed by atoms with van der Waals surface area (Å²) >= 11 is 0. The van der Waals surface area contributed by atoms with Crippen molar-refractivity contribution in [3.8, 4) is 0 Å². The molecule has 31 heavy (non-hydrogen) atoms. The van der Waals surface area contributed by atoms with Gasteiger partial charge < -0.3 is 10.2 Å². The third-order valence-corrected chi connectivity index (χ3v) is 7.19. The van der Waals surface area contributed by atoms with Gasteiger partial charge in [0.25, 0.3) is 0 Å². The number of aryl methyl sites for hydroxylation is 3. The molecule has 1 heterocycles. The van der Waals surface area contributed by atoms with Crippen molar-refractivity contribution >= 4 is 27.3 Å². The van der Waals surface area contributed by atoms with Gasteiger partial charge in [-0.3, -0.25) is 9.10 Å². The van der Waals surface area contributed by atoms with Gasteiger partial charge in [-0.2, -0.15) is 0 Å². The Morgan fingerprint density at radius 1 is 1.16 bits per heavy atom. The van der Waals surface area contributed by atoms with E-state index in [1.807, 2.05) is 26.0 Å². The van der Waals surface area contributed by atoms with Crippen molar-refractivity contribution in [2.45, 2.75) is 46.1 Å². The number of benzene rings is 2. The molecule has 7 heteroatoms. The fraction of sp³-hybridized carbons (Fsp3) is 0.458. The molecule has 0 aliphatic carbocycles. The van der Waals surface area contributed by atoms with E-state index in [1.54, 1.807) is 13.0 Å². The zero-order chi connectivity index (χ0) is 22.6. The summed E-state index contributed by atoms with van der Waals surface area (Å²) in [6, 6.07) is 13.1. The molecule has 0 bridgehead atoms. The number of amides is 1. The second kappa shape index (κ2) is 9.73. The second-order valence-corrected chi connectivity index (χ2v) is 10.2. The van der Waals surface area contributed by atoms with Crippen LogP contribution in [-0.4, -0.2) is 46.3 Å². The molecule has 1 N–H and O–H groups in total. The Kier molecular flexibility index (Phi) is 7.26. The topological polar surface area (TPSA) is 69.7 Å². The van der Waals surface area contributed by atoms with E-state index in [1.165, 1.54) is 15.6 Å². The highest BCUT2D eigenvalue weighted by Crippen LogP contribution is 2.26. The number of nitrogens with zero attached hydrogens (tertiary/aromatic N) is 2. The average molecular weight is 444 g/mol. The van der Waals surface area contributed by atoms with E-state index in [-0.39, 0.29) is 5.91 Å². The Morgan fingerprint density at radius 3 is 2.61 bits per heavy atom. The molecule has 0 saturated heterocycles. The van der Waals surface area contributed by atoms with Crippen LogP contribution in [0.3, 0.4) is 0 Å². The normalized spacial score (nSPS) is 14.6. The van der Waals surface area contributed by atoms with E-state index in [2.05, 4.69) is 34.5 Å². The van der Waals surface area contributed by atoms with Gasteiger partial charge in [0.15, 0.2) is 0 Å². The zero-order valence-electron chi connectivity index (χ0n) is 18.9. The van der Waals surface area contributed by atoms with E-state index in [4.69, 9.17) is 0 Å². The summed E-state index contributed by atoms with van der Waals surface area (Å²) in [4.78, 5) is 15.1. The van der Waals surface area contributed by atoms with Gasteiger partial charge in [-0.15, -0.1) is 0 Å². The summed E-state index contributed by atoms with van der Waals surface area (Å²) in [6.07, 6.45) is 4.19. The molecule has 2 aromatic carbocycles. The lowest BCUT2D eigenvalue weighted by atomic mass is 10.0. The monoisotopic (exact) mass is 443 g/mol. The van der Waals surface area contributed by atoms with E-state index >= 15 is 0 Å². The van der Waals surface area contributed by atoms with Crippen molar-refractivity contribution in [2.24, 2.45) is 0 Å². The van der Waals surface area contributed by atoms with Crippen molar-refractivity contribution in [1.82, 2.24) is 5.32 Å². The quantitative estimate of drug-likeness (QED) is 0.635. The summed E-state index contributed by atoms with van der Waals surface area (Å²) in [5.74, 6) is -0.289. The first-order chi connectivity index (χ1) is 14.7. The summed E-state index contributed by atoms with van der Waals surface area (Å²) in [5.41, 5.74) is 5.24. The van der Waals surface area contributed by atoms with Crippen LogP contribution in [0.25, 0.3) is 0 Å². The number of carbonyl (C=O) groups is 1. The number of fused-ring (bicyclic) bond motifs is 1. The molecule has 168 valence electrons. The van der Waals surface area contributed by atoms with Crippen LogP contribution in [0.4, 0.5) is 11.4 Å². The number of rotatable bonds is 8. The Morgan fingerprint density at radius 2 is 1.90 bits per heavy atom. The number of sulfonamides is 1. The maximum atomic E-state index is 12.8. The molecule has 1 atom stereocenters. The van der Waals surface area contributed by atoms with Gasteiger partial charge in [0.2, 0.25) is 15.9 Å². The minimum atomic E-state index is -3.61. The van der Waals surface area contributed by atoms with Gasteiger partial charge >= 0.3 is 0 Å². The van der Waals surface area contributed by atoms with Crippen molar-refractivity contribution in [3.05, 3.63) is 59.2 Å². The van der Waals surface area contributed by atoms with Gasteiger partial charge in [-0.25, -0.2) is 8.42 Å². The fourth-order valence-corrected chi connectivity index (χ4v) is 5.31.